The van der Waals surface area contributed by atoms with Crippen molar-refractivity contribution in [2.45, 2.75) is 51.7 Å². The molecule has 1 saturated carbocycles. The Balaban J connectivity index is 1.54. The molecule has 1 amide bonds. The van der Waals surface area contributed by atoms with Crippen molar-refractivity contribution in [3.8, 4) is 5.75 Å². The highest BCUT2D eigenvalue weighted by Crippen LogP contribution is 2.30. The summed E-state index contributed by atoms with van der Waals surface area (Å²) in [4.78, 5) is 12.9. The minimum absolute atomic E-state index is 0.0432. The van der Waals surface area contributed by atoms with Gasteiger partial charge in [0.2, 0.25) is 0 Å². The Morgan fingerprint density at radius 3 is 2.67 bits per heavy atom. The number of hydrogen-bond donors (Lipinski definition) is 1. The zero-order chi connectivity index (χ0) is 18.6. The first kappa shape index (κ1) is 17.7. The van der Waals surface area contributed by atoms with Crippen molar-refractivity contribution in [3.05, 3.63) is 65.4 Å². The van der Waals surface area contributed by atoms with Crippen LogP contribution in [0.15, 0.2) is 52.9 Å². The average molecular weight is 363 g/mol. The molecule has 0 aliphatic heterocycles. The van der Waals surface area contributed by atoms with Gasteiger partial charge in [0.25, 0.3) is 5.91 Å². The molecule has 140 valence electrons. The molecule has 1 N–H and O–H groups in total. The topological polar surface area (TPSA) is 51.5 Å². The van der Waals surface area contributed by atoms with Gasteiger partial charge in [-0.2, -0.15) is 0 Å². The number of fused-ring (bicyclic) bond motifs is 1. The normalized spacial score (nSPS) is 15.0. The molecule has 4 rings (SSSR count). The van der Waals surface area contributed by atoms with Gasteiger partial charge in [-0.25, -0.2) is 0 Å². The molecule has 4 heteroatoms. The highest BCUT2D eigenvalue weighted by atomic mass is 16.5. The first-order valence-corrected chi connectivity index (χ1v) is 9.71. The second kappa shape index (κ2) is 7.87. The quantitative estimate of drug-likeness (QED) is 0.662. The molecule has 4 nitrogen and oxygen atoms in total. The molecule has 0 spiro atoms. The number of rotatable bonds is 5. The summed E-state index contributed by atoms with van der Waals surface area (Å²) in [7, 11) is 0. The van der Waals surface area contributed by atoms with Crippen molar-refractivity contribution in [2.24, 2.45) is 0 Å². The summed E-state index contributed by atoms with van der Waals surface area (Å²) >= 11 is 0. The van der Waals surface area contributed by atoms with E-state index in [0.29, 0.717) is 23.5 Å². The van der Waals surface area contributed by atoms with Crippen LogP contribution in [0.2, 0.25) is 0 Å². The number of benzene rings is 2. The Hall–Kier alpha value is -2.75. The Labute approximate surface area is 159 Å². The molecule has 3 aromatic rings. The molecular weight excluding hydrogens is 338 g/mol. The number of nitrogens with one attached hydrogen (secondary N) is 1. The van der Waals surface area contributed by atoms with Crippen LogP contribution in [0.4, 0.5) is 0 Å². The van der Waals surface area contributed by atoms with Crippen LogP contribution >= 0.6 is 0 Å². The highest BCUT2D eigenvalue weighted by Gasteiger charge is 2.22. The smallest absolute Gasteiger partial charge is 0.255 e. The zero-order valence-corrected chi connectivity index (χ0v) is 15.7. The third-order valence-electron chi connectivity index (χ3n) is 5.25. The maximum Gasteiger partial charge on any atom is 0.255 e. The maximum atomic E-state index is 12.9. The van der Waals surface area contributed by atoms with Crippen LogP contribution < -0.4 is 10.1 Å². The number of hydrogen-bond acceptors (Lipinski definition) is 3. The predicted molar refractivity (Wildman–Crippen MR) is 106 cm³/mol. The summed E-state index contributed by atoms with van der Waals surface area (Å²) in [6.07, 6.45) is 5.77. The average Bonchev–Trinajstić information content (AvgIpc) is 3.03. The molecule has 27 heavy (non-hydrogen) atoms. The van der Waals surface area contributed by atoms with Crippen molar-refractivity contribution in [3.63, 3.8) is 0 Å². The molecule has 0 radical (unpaired) electrons. The maximum absolute atomic E-state index is 12.9. The fraction of sp³-hybridized carbons (Fsp3) is 0.348. The highest BCUT2D eigenvalue weighted by molar-refractivity contribution is 6.07. The third kappa shape index (κ3) is 4.00. The van der Waals surface area contributed by atoms with E-state index in [-0.39, 0.29) is 11.9 Å². The van der Waals surface area contributed by atoms with Gasteiger partial charge in [-0.1, -0.05) is 49.6 Å². The van der Waals surface area contributed by atoms with E-state index < -0.39 is 0 Å². The summed E-state index contributed by atoms with van der Waals surface area (Å²) in [6.45, 7) is 2.34. The molecule has 2 aromatic carbocycles. The van der Waals surface area contributed by atoms with E-state index in [2.05, 4.69) is 5.32 Å². The molecule has 0 atom stereocenters. The molecule has 1 heterocycles. The van der Waals surface area contributed by atoms with Crippen molar-refractivity contribution in [1.29, 1.82) is 0 Å². The van der Waals surface area contributed by atoms with Gasteiger partial charge in [-0.3, -0.25) is 4.79 Å². The lowest BCUT2D eigenvalue weighted by molar-refractivity contribution is 0.0927. The summed E-state index contributed by atoms with van der Waals surface area (Å²) in [6, 6.07) is 16.0. The lowest BCUT2D eigenvalue weighted by Gasteiger charge is -2.22. The lowest BCUT2D eigenvalue weighted by Crippen LogP contribution is -2.36. The van der Waals surface area contributed by atoms with E-state index in [1.54, 1.807) is 0 Å². The summed E-state index contributed by atoms with van der Waals surface area (Å²) in [5.74, 6) is 1.34. The van der Waals surface area contributed by atoms with Gasteiger partial charge in [0.1, 0.15) is 23.7 Å². The van der Waals surface area contributed by atoms with Crippen LogP contribution in [0.1, 0.15) is 53.8 Å². The van der Waals surface area contributed by atoms with Crippen LogP contribution in [0.5, 0.6) is 5.75 Å². The fourth-order valence-corrected chi connectivity index (χ4v) is 3.82. The number of carbonyl (C=O) groups excluding carboxylic acids is 1. The molecule has 0 unspecified atom stereocenters. The SMILES string of the molecule is Cc1oc2ccc(OCc3ccccc3)cc2c1C(=O)NC1CCCCC1. The second-order valence-corrected chi connectivity index (χ2v) is 7.27. The van der Waals surface area contributed by atoms with E-state index in [9.17, 15) is 4.79 Å². The Morgan fingerprint density at radius 1 is 1.11 bits per heavy atom. The minimum Gasteiger partial charge on any atom is -0.489 e. The van der Waals surface area contributed by atoms with Gasteiger partial charge < -0.3 is 14.5 Å². The first-order valence-electron chi connectivity index (χ1n) is 9.71. The summed E-state index contributed by atoms with van der Waals surface area (Å²) < 4.78 is 11.7. The van der Waals surface area contributed by atoms with Crippen molar-refractivity contribution < 1.29 is 13.9 Å². The predicted octanol–water partition coefficient (Wildman–Crippen LogP) is 5.38. The standard InChI is InChI=1S/C23H25NO3/c1-16-22(23(25)24-18-10-6-3-7-11-18)20-14-19(12-13-21(20)27-16)26-15-17-8-4-2-5-9-17/h2,4-5,8-9,12-14,18H,3,6-7,10-11,15H2,1H3,(H,24,25). The lowest BCUT2D eigenvalue weighted by atomic mass is 9.95. The van der Waals surface area contributed by atoms with E-state index in [4.69, 9.17) is 9.15 Å². The third-order valence-corrected chi connectivity index (χ3v) is 5.25. The van der Waals surface area contributed by atoms with E-state index in [0.717, 1.165) is 29.5 Å². The minimum atomic E-state index is -0.0432. The molecule has 1 fully saturated rings. The van der Waals surface area contributed by atoms with Gasteiger partial charge in [0.15, 0.2) is 0 Å². The Kier molecular flexibility index (Phi) is 5.14. The van der Waals surface area contributed by atoms with Crippen molar-refractivity contribution >= 4 is 16.9 Å². The number of amides is 1. The van der Waals surface area contributed by atoms with Crippen LogP contribution in [0.25, 0.3) is 11.0 Å². The second-order valence-electron chi connectivity index (χ2n) is 7.27. The first-order chi connectivity index (χ1) is 13.2. The number of furan rings is 1. The molecule has 1 aliphatic rings. The monoisotopic (exact) mass is 363 g/mol. The largest absolute Gasteiger partial charge is 0.489 e. The van der Waals surface area contributed by atoms with Gasteiger partial charge in [-0.15, -0.1) is 0 Å². The van der Waals surface area contributed by atoms with Gasteiger partial charge in [0, 0.05) is 11.4 Å². The number of ether oxygens (including phenoxy) is 1. The number of carbonyl (C=O) groups is 1. The van der Waals surface area contributed by atoms with E-state index in [1.165, 1.54) is 19.3 Å². The van der Waals surface area contributed by atoms with Gasteiger partial charge >= 0.3 is 0 Å². The van der Waals surface area contributed by atoms with Gasteiger partial charge in [0.05, 0.1) is 5.56 Å². The zero-order valence-electron chi connectivity index (χ0n) is 15.7. The summed E-state index contributed by atoms with van der Waals surface area (Å²) in [5, 5.41) is 4.00. The van der Waals surface area contributed by atoms with E-state index in [1.807, 2.05) is 55.5 Å². The Morgan fingerprint density at radius 2 is 1.89 bits per heavy atom. The fourth-order valence-electron chi connectivity index (χ4n) is 3.82. The van der Waals surface area contributed by atoms with Crippen LogP contribution in [0, 0.1) is 6.92 Å². The molecule has 0 bridgehead atoms. The van der Waals surface area contributed by atoms with Gasteiger partial charge in [-0.05, 0) is 43.5 Å². The van der Waals surface area contributed by atoms with Crippen LogP contribution in [-0.2, 0) is 6.61 Å². The molecule has 0 saturated heterocycles. The van der Waals surface area contributed by atoms with Crippen LogP contribution in [0.3, 0.4) is 0 Å². The molecular formula is C23H25NO3. The van der Waals surface area contributed by atoms with Crippen molar-refractivity contribution in [2.75, 3.05) is 0 Å². The van der Waals surface area contributed by atoms with Crippen LogP contribution in [-0.4, -0.2) is 11.9 Å². The number of aryl methyl sites for hydroxylation is 1. The molecule has 1 aliphatic carbocycles. The van der Waals surface area contributed by atoms with Crippen molar-refractivity contribution in [1.82, 2.24) is 5.32 Å². The molecule has 1 aromatic heterocycles. The van der Waals surface area contributed by atoms with E-state index >= 15 is 0 Å². The Bertz CT molecular complexity index is 923. The summed E-state index contributed by atoms with van der Waals surface area (Å²) in [5.41, 5.74) is 2.45.